The third-order valence-electron chi connectivity index (χ3n) is 3.82. The molecule has 1 heterocycles. The van der Waals surface area contributed by atoms with E-state index in [2.05, 4.69) is 18.4 Å². The van der Waals surface area contributed by atoms with Crippen molar-refractivity contribution in [2.75, 3.05) is 0 Å². The van der Waals surface area contributed by atoms with E-state index in [1.807, 2.05) is 18.5 Å². The lowest BCUT2D eigenvalue weighted by Gasteiger charge is -2.03. The zero-order valence-corrected chi connectivity index (χ0v) is 13.4. The summed E-state index contributed by atoms with van der Waals surface area (Å²) in [6.07, 6.45) is 16.4. The van der Waals surface area contributed by atoms with E-state index in [9.17, 15) is 4.79 Å². The quantitative estimate of drug-likeness (QED) is 0.359. The van der Waals surface area contributed by atoms with Gasteiger partial charge in [-0.2, -0.15) is 0 Å². The second kappa shape index (κ2) is 10.7. The number of rotatable bonds is 12. The molecule has 0 bridgehead atoms. The molecular weight excluding hydrogens is 246 g/mol. The molecule has 2 nitrogen and oxygen atoms in total. The number of Topliss-reactive ketones (excluding diaryl/α,β-unsaturated/α-hetero) is 1. The average molecular weight is 277 g/mol. The Bertz CT molecular complexity index is 367. The summed E-state index contributed by atoms with van der Waals surface area (Å²) in [6.45, 7) is 5.36. The van der Waals surface area contributed by atoms with Gasteiger partial charge in [0.05, 0.1) is 0 Å². The van der Waals surface area contributed by atoms with Gasteiger partial charge in [0, 0.05) is 30.9 Å². The Hall–Kier alpha value is -1.05. The minimum Gasteiger partial charge on any atom is -0.354 e. The number of unbranched alkanes of at least 4 members (excludes halogenated alkanes) is 7. The second-order valence-corrected chi connectivity index (χ2v) is 5.79. The highest BCUT2D eigenvalue weighted by atomic mass is 16.1. The number of carbonyl (C=O) groups excluding carboxylic acids is 1. The van der Waals surface area contributed by atoms with E-state index in [0.717, 1.165) is 18.5 Å². The molecule has 0 aromatic carbocycles. The Morgan fingerprint density at radius 3 is 2.25 bits per heavy atom. The molecule has 0 N–H and O–H groups in total. The van der Waals surface area contributed by atoms with Gasteiger partial charge in [0.1, 0.15) is 0 Å². The van der Waals surface area contributed by atoms with Crippen LogP contribution in [0.5, 0.6) is 0 Å². The molecule has 0 saturated carbocycles. The van der Waals surface area contributed by atoms with Gasteiger partial charge in [0.15, 0.2) is 5.78 Å². The number of aryl methyl sites for hydroxylation is 1. The number of ketones is 1. The van der Waals surface area contributed by atoms with Crippen LogP contribution < -0.4 is 0 Å². The molecule has 0 saturated heterocycles. The van der Waals surface area contributed by atoms with Gasteiger partial charge in [-0.05, 0) is 18.9 Å². The normalized spacial score (nSPS) is 10.9. The maximum Gasteiger partial charge on any atom is 0.164 e. The van der Waals surface area contributed by atoms with E-state index in [1.165, 1.54) is 51.4 Å². The van der Waals surface area contributed by atoms with Crippen molar-refractivity contribution in [2.45, 2.75) is 84.6 Å². The summed E-state index contributed by atoms with van der Waals surface area (Å²) >= 11 is 0. The maximum absolute atomic E-state index is 11.7. The molecule has 0 aliphatic heterocycles. The van der Waals surface area contributed by atoms with Crippen molar-refractivity contribution in [1.29, 1.82) is 0 Å². The number of aromatic nitrogens is 1. The monoisotopic (exact) mass is 277 g/mol. The second-order valence-electron chi connectivity index (χ2n) is 5.79. The Morgan fingerprint density at radius 2 is 1.60 bits per heavy atom. The van der Waals surface area contributed by atoms with Crippen molar-refractivity contribution in [2.24, 2.45) is 0 Å². The van der Waals surface area contributed by atoms with Crippen LogP contribution in [0.1, 0.15) is 88.4 Å². The largest absolute Gasteiger partial charge is 0.354 e. The Morgan fingerprint density at radius 1 is 0.950 bits per heavy atom. The van der Waals surface area contributed by atoms with Crippen LogP contribution in [0.25, 0.3) is 0 Å². The molecule has 2 heteroatoms. The molecule has 0 fully saturated rings. The molecule has 0 amide bonds. The maximum atomic E-state index is 11.7. The summed E-state index contributed by atoms with van der Waals surface area (Å²) in [7, 11) is 0. The third kappa shape index (κ3) is 6.93. The molecule has 0 spiro atoms. The van der Waals surface area contributed by atoms with Crippen molar-refractivity contribution in [1.82, 2.24) is 4.57 Å². The highest BCUT2D eigenvalue weighted by Crippen LogP contribution is 2.11. The lowest BCUT2D eigenvalue weighted by atomic mass is 10.1. The Balaban J connectivity index is 2.09. The van der Waals surface area contributed by atoms with Crippen LogP contribution in [0, 0.1) is 0 Å². The van der Waals surface area contributed by atoms with Gasteiger partial charge in [-0.1, -0.05) is 58.8 Å². The average Bonchev–Trinajstić information content (AvgIpc) is 2.91. The van der Waals surface area contributed by atoms with E-state index in [1.54, 1.807) is 0 Å². The molecule has 0 radical (unpaired) electrons. The Kier molecular flexibility index (Phi) is 9.10. The molecular formula is C18H31NO. The van der Waals surface area contributed by atoms with Crippen molar-refractivity contribution >= 4 is 5.78 Å². The fourth-order valence-electron chi connectivity index (χ4n) is 2.54. The number of hydrogen-bond acceptors (Lipinski definition) is 1. The predicted octanol–water partition coefficient (Wildman–Crippen LogP) is 5.61. The van der Waals surface area contributed by atoms with Gasteiger partial charge >= 0.3 is 0 Å². The summed E-state index contributed by atoms with van der Waals surface area (Å²) in [5.41, 5.74) is 0.881. The summed E-state index contributed by atoms with van der Waals surface area (Å²) in [5.74, 6) is 0.280. The minimum absolute atomic E-state index is 0.280. The first-order chi connectivity index (χ1) is 9.77. The molecule has 0 atom stereocenters. The van der Waals surface area contributed by atoms with Gasteiger partial charge in [0.25, 0.3) is 0 Å². The van der Waals surface area contributed by atoms with E-state index in [-0.39, 0.29) is 5.78 Å². The van der Waals surface area contributed by atoms with E-state index >= 15 is 0 Å². The zero-order chi connectivity index (χ0) is 14.6. The van der Waals surface area contributed by atoms with Crippen LogP contribution in [0.4, 0.5) is 0 Å². The molecule has 0 aliphatic rings. The first-order valence-corrected chi connectivity index (χ1v) is 8.47. The summed E-state index contributed by atoms with van der Waals surface area (Å²) in [4.78, 5) is 11.7. The van der Waals surface area contributed by atoms with Gasteiger partial charge in [-0.25, -0.2) is 0 Å². The van der Waals surface area contributed by atoms with Crippen molar-refractivity contribution in [3.63, 3.8) is 0 Å². The predicted molar refractivity (Wildman–Crippen MR) is 86.3 cm³/mol. The van der Waals surface area contributed by atoms with Crippen LogP contribution in [0.15, 0.2) is 18.5 Å². The van der Waals surface area contributed by atoms with Crippen molar-refractivity contribution in [3.05, 3.63) is 24.0 Å². The molecule has 1 aromatic rings. The van der Waals surface area contributed by atoms with Crippen LogP contribution in [0.2, 0.25) is 0 Å². The van der Waals surface area contributed by atoms with Gasteiger partial charge in [-0.3, -0.25) is 4.79 Å². The molecule has 1 aromatic heterocycles. The molecule has 0 aliphatic carbocycles. The van der Waals surface area contributed by atoms with Crippen molar-refractivity contribution in [3.8, 4) is 0 Å². The number of hydrogen-bond donors (Lipinski definition) is 0. The summed E-state index contributed by atoms with van der Waals surface area (Å²) in [5, 5.41) is 0. The van der Waals surface area contributed by atoms with Gasteiger partial charge in [-0.15, -0.1) is 0 Å². The summed E-state index contributed by atoms with van der Waals surface area (Å²) < 4.78 is 2.17. The Labute approximate surface area is 124 Å². The molecule has 114 valence electrons. The van der Waals surface area contributed by atoms with Crippen LogP contribution in [-0.4, -0.2) is 10.4 Å². The van der Waals surface area contributed by atoms with Crippen LogP contribution in [-0.2, 0) is 6.54 Å². The van der Waals surface area contributed by atoms with Crippen LogP contribution >= 0.6 is 0 Å². The first kappa shape index (κ1) is 17.0. The molecule has 0 unspecified atom stereocenters. The van der Waals surface area contributed by atoms with E-state index < -0.39 is 0 Å². The fraction of sp³-hybridized carbons (Fsp3) is 0.722. The number of nitrogens with zero attached hydrogens (tertiary/aromatic N) is 1. The smallest absolute Gasteiger partial charge is 0.164 e. The topological polar surface area (TPSA) is 22.0 Å². The van der Waals surface area contributed by atoms with Crippen molar-refractivity contribution < 1.29 is 4.79 Å². The lowest BCUT2D eigenvalue weighted by molar-refractivity contribution is 0.0981. The van der Waals surface area contributed by atoms with Crippen LogP contribution in [0.3, 0.4) is 0 Å². The molecule has 1 rings (SSSR count). The first-order valence-electron chi connectivity index (χ1n) is 8.47. The SMILES string of the molecule is CCCCCCCCCCn1ccc(C(=O)CCC)c1. The van der Waals surface area contributed by atoms with Gasteiger partial charge in [0.2, 0.25) is 0 Å². The minimum atomic E-state index is 0.280. The fourth-order valence-corrected chi connectivity index (χ4v) is 2.54. The third-order valence-corrected chi connectivity index (χ3v) is 3.82. The van der Waals surface area contributed by atoms with Gasteiger partial charge < -0.3 is 4.57 Å². The van der Waals surface area contributed by atoms with E-state index in [0.29, 0.717) is 6.42 Å². The van der Waals surface area contributed by atoms with E-state index in [4.69, 9.17) is 0 Å². The highest BCUT2D eigenvalue weighted by Gasteiger charge is 2.05. The summed E-state index contributed by atoms with van der Waals surface area (Å²) in [6, 6.07) is 1.96. The standard InChI is InChI=1S/C18H31NO/c1-3-5-6-7-8-9-10-11-14-19-15-13-17(16-19)18(20)12-4-2/h13,15-16H,3-12,14H2,1-2H3. The number of carbonyl (C=O) groups is 1. The zero-order valence-electron chi connectivity index (χ0n) is 13.4. The highest BCUT2D eigenvalue weighted by molar-refractivity contribution is 5.95. The molecule has 20 heavy (non-hydrogen) atoms. The lowest BCUT2D eigenvalue weighted by Crippen LogP contribution is -1.98.